The lowest BCUT2D eigenvalue weighted by molar-refractivity contribution is -0.108. The number of hydrogen-bond donors (Lipinski definition) is 8. The first-order valence-electron chi connectivity index (χ1n) is 15.2. The zero-order valence-corrected chi connectivity index (χ0v) is 24.8. The van der Waals surface area contributed by atoms with Gasteiger partial charge in [-0.1, -0.05) is 19.9 Å². The van der Waals surface area contributed by atoms with Crippen molar-refractivity contribution in [3.05, 3.63) is 23.8 Å². The molecule has 8 unspecified atom stereocenters. The third kappa shape index (κ3) is 5.84. The van der Waals surface area contributed by atoms with Gasteiger partial charge in [-0.15, -0.1) is 0 Å². The van der Waals surface area contributed by atoms with Gasteiger partial charge in [0.05, 0.1) is 49.2 Å². The summed E-state index contributed by atoms with van der Waals surface area (Å²) in [6, 6.07) is 7.13. The lowest BCUT2D eigenvalue weighted by atomic mass is 9.76. The quantitative estimate of drug-likeness (QED) is 0.185. The average Bonchev–Trinajstić information content (AvgIpc) is 3.60. The molecule has 12 nitrogen and oxygen atoms in total. The van der Waals surface area contributed by atoms with Gasteiger partial charge in [0, 0.05) is 31.8 Å². The molecule has 3 saturated heterocycles. The molecule has 0 radical (unpaired) electrons. The van der Waals surface area contributed by atoms with E-state index in [1.165, 1.54) is 23.4 Å². The normalized spacial score (nSPS) is 38.8. The summed E-state index contributed by atoms with van der Waals surface area (Å²) in [7, 11) is 3.86. The highest BCUT2D eigenvalue weighted by Crippen LogP contribution is 2.39. The first kappa shape index (κ1) is 29.5. The second-order valence-corrected chi connectivity index (χ2v) is 13.4. The van der Waals surface area contributed by atoms with Crippen LogP contribution in [0, 0.1) is 5.92 Å². The third-order valence-electron chi connectivity index (χ3n) is 10.0. The molecule has 0 bridgehead atoms. The standard InChI is InChI=1S/C29H50N8O4/c1-29(2,13-40-4)17-6-7-19-20(11-17)35-22(34-19)8-5-16-9-18(10-16)36(3)12-21-24(38)25(39)28(41-21)37-15-33-23-26(30)31-14-32-27(23)37/h6-7,11,16,18,21-28,31-35,38-39H,5,8-10,12-15,30H2,1-4H3. The maximum absolute atomic E-state index is 10.9. The van der Waals surface area contributed by atoms with Crippen LogP contribution in [0.5, 0.6) is 0 Å². The Balaban J connectivity index is 0.936. The van der Waals surface area contributed by atoms with Gasteiger partial charge in [-0.05, 0) is 56.3 Å². The average molecular weight is 575 g/mol. The van der Waals surface area contributed by atoms with Crippen LogP contribution in [0.2, 0.25) is 0 Å². The van der Waals surface area contributed by atoms with Crippen LogP contribution in [-0.4, -0.2) is 116 Å². The maximum Gasteiger partial charge on any atom is 0.142 e. The predicted octanol–water partition coefficient (Wildman–Crippen LogP) is -0.296. The molecule has 1 aromatic carbocycles. The van der Waals surface area contributed by atoms with Crippen LogP contribution in [-0.2, 0) is 14.9 Å². The van der Waals surface area contributed by atoms with Crippen molar-refractivity contribution >= 4 is 11.4 Å². The van der Waals surface area contributed by atoms with Crippen molar-refractivity contribution in [1.29, 1.82) is 0 Å². The molecule has 0 aromatic heterocycles. The van der Waals surface area contributed by atoms with Crippen molar-refractivity contribution in [2.45, 2.75) is 100 Å². The number of methoxy groups -OCH3 is 1. The number of likely N-dealkylation sites (N-methyl/N-ethyl adjacent to an activating group) is 1. The minimum atomic E-state index is -0.964. The van der Waals surface area contributed by atoms with Crippen molar-refractivity contribution in [2.24, 2.45) is 11.7 Å². The summed E-state index contributed by atoms with van der Waals surface area (Å²) in [6.45, 7) is 6.85. The highest BCUT2D eigenvalue weighted by Gasteiger charge is 2.52. The SMILES string of the molecule is COCC(C)(C)c1ccc2c(c1)NC(CCC1CC(N(C)CC3OC(N4CNC5C(N)NCNC54)C(O)C3O)C1)N2. The summed E-state index contributed by atoms with van der Waals surface area (Å²) in [5, 5.41) is 39.0. The van der Waals surface area contributed by atoms with Crippen LogP contribution in [0.15, 0.2) is 18.2 Å². The van der Waals surface area contributed by atoms with E-state index in [9.17, 15) is 10.2 Å². The maximum atomic E-state index is 10.9. The van der Waals surface area contributed by atoms with Gasteiger partial charge in [0.2, 0.25) is 0 Å². The minimum Gasteiger partial charge on any atom is -0.387 e. The number of nitrogens with two attached hydrogens (primary N) is 1. The Morgan fingerprint density at radius 3 is 2.66 bits per heavy atom. The molecule has 5 aliphatic rings. The third-order valence-corrected chi connectivity index (χ3v) is 10.0. The van der Waals surface area contributed by atoms with Gasteiger partial charge in [-0.25, -0.2) is 4.90 Å². The van der Waals surface area contributed by atoms with E-state index in [2.05, 4.69) is 70.6 Å². The van der Waals surface area contributed by atoms with Crippen LogP contribution in [0.25, 0.3) is 0 Å². The second kappa shape index (κ2) is 11.8. The number of fused-ring (bicyclic) bond motifs is 2. The fourth-order valence-corrected chi connectivity index (χ4v) is 7.35. The largest absolute Gasteiger partial charge is 0.387 e. The number of aliphatic hydroxyl groups is 2. The Hall–Kier alpha value is -1.58. The number of hydrogen-bond acceptors (Lipinski definition) is 12. The molecule has 41 heavy (non-hydrogen) atoms. The molecule has 4 fully saturated rings. The van der Waals surface area contributed by atoms with Gasteiger partial charge in [-0.3, -0.25) is 16.0 Å². The molecule has 1 saturated carbocycles. The van der Waals surface area contributed by atoms with Crippen LogP contribution in [0.1, 0.15) is 45.1 Å². The number of aliphatic hydroxyl groups excluding tert-OH is 2. The monoisotopic (exact) mass is 574 g/mol. The molecule has 9 N–H and O–H groups in total. The summed E-state index contributed by atoms with van der Waals surface area (Å²) in [5.41, 5.74) is 9.80. The molecule has 1 aliphatic carbocycles. The Morgan fingerprint density at radius 1 is 1.10 bits per heavy atom. The van der Waals surface area contributed by atoms with E-state index in [1.54, 1.807) is 7.11 Å². The fourth-order valence-electron chi connectivity index (χ4n) is 7.35. The van der Waals surface area contributed by atoms with E-state index in [0.717, 1.165) is 19.3 Å². The van der Waals surface area contributed by atoms with Gasteiger partial charge in [0.15, 0.2) is 0 Å². The summed E-state index contributed by atoms with van der Waals surface area (Å²) in [5.74, 6) is 0.696. The van der Waals surface area contributed by atoms with E-state index >= 15 is 0 Å². The molecule has 4 heterocycles. The number of rotatable bonds is 10. The Kier molecular flexibility index (Phi) is 8.51. The van der Waals surface area contributed by atoms with Crippen molar-refractivity contribution in [2.75, 3.05) is 51.3 Å². The molecule has 12 heteroatoms. The van der Waals surface area contributed by atoms with Crippen molar-refractivity contribution < 1.29 is 19.7 Å². The first-order valence-corrected chi connectivity index (χ1v) is 15.2. The molecular weight excluding hydrogens is 524 g/mol. The number of benzene rings is 1. The number of nitrogens with one attached hydrogen (secondary N) is 5. The zero-order valence-electron chi connectivity index (χ0n) is 24.8. The highest BCUT2D eigenvalue weighted by atomic mass is 16.6. The van der Waals surface area contributed by atoms with Gasteiger partial charge in [-0.2, -0.15) is 0 Å². The second-order valence-electron chi connectivity index (χ2n) is 13.4. The lowest BCUT2D eigenvalue weighted by Crippen LogP contribution is -2.68. The van der Waals surface area contributed by atoms with Gasteiger partial charge in [0.25, 0.3) is 0 Å². The lowest BCUT2D eigenvalue weighted by Gasteiger charge is -2.42. The smallest absolute Gasteiger partial charge is 0.142 e. The fraction of sp³-hybridized carbons (Fsp3) is 0.793. The van der Waals surface area contributed by atoms with Crippen LogP contribution < -0.4 is 32.3 Å². The molecule has 4 aliphatic heterocycles. The van der Waals surface area contributed by atoms with Crippen LogP contribution in [0.4, 0.5) is 11.4 Å². The summed E-state index contributed by atoms with van der Waals surface area (Å²) < 4.78 is 11.7. The van der Waals surface area contributed by atoms with Gasteiger partial charge in [0.1, 0.15) is 24.5 Å². The van der Waals surface area contributed by atoms with Gasteiger partial charge < -0.3 is 41.0 Å². The summed E-state index contributed by atoms with van der Waals surface area (Å²) in [6.07, 6.45) is 1.67. The van der Waals surface area contributed by atoms with Gasteiger partial charge >= 0.3 is 0 Å². The topological polar surface area (TPSA) is 152 Å². The first-order chi connectivity index (χ1) is 19.6. The number of anilines is 2. The van der Waals surface area contributed by atoms with E-state index in [0.29, 0.717) is 38.4 Å². The predicted molar refractivity (Wildman–Crippen MR) is 158 cm³/mol. The van der Waals surface area contributed by atoms with E-state index in [1.807, 2.05) is 4.90 Å². The Morgan fingerprint density at radius 2 is 1.88 bits per heavy atom. The number of nitrogens with zero attached hydrogens (tertiary/aromatic N) is 2. The Bertz CT molecular complexity index is 1060. The van der Waals surface area contributed by atoms with Crippen LogP contribution in [0.3, 0.4) is 0 Å². The molecule has 0 amide bonds. The van der Waals surface area contributed by atoms with Crippen LogP contribution >= 0.6 is 0 Å². The van der Waals surface area contributed by atoms with E-state index < -0.39 is 24.5 Å². The van der Waals surface area contributed by atoms with E-state index in [-0.39, 0.29) is 30.0 Å². The zero-order chi connectivity index (χ0) is 28.9. The van der Waals surface area contributed by atoms with E-state index in [4.69, 9.17) is 15.2 Å². The minimum absolute atomic E-state index is 0.0136. The summed E-state index contributed by atoms with van der Waals surface area (Å²) >= 11 is 0. The molecule has 6 rings (SSSR count). The molecule has 0 spiro atoms. The molecular formula is C29H50N8O4. The highest BCUT2D eigenvalue weighted by molar-refractivity contribution is 5.75. The van der Waals surface area contributed by atoms with Crippen molar-refractivity contribution in [1.82, 2.24) is 25.8 Å². The van der Waals surface area contributed by atoms with Crippen molar-refractivity contribution in [3.63, 3.8) is 0 Å². The molecule has 8 atom stereocenters. The molecule has 1 aromatic rings. The number of ether oxygens (including phenoxy) is 2. The van der Waals surface area contributed by atoms with Crippen molar-refractivity contribution in [3.8, 4) is 0 Å². The molecule has 230 valence electrons. The summed E-state index contributed by atoms with van der Waals surface area (Å²) in [4.78, 5) is 4.34. The Labute approximate surface area is 243 Å².